The fraction of sp³-hybridized carbons (Fsp3) is 0.222. The van der Waals surface area contributed by atoms with Gasteiger partial charge in [-0.25, -0.2) is 17.8 Å². The molecular formula is C9H6F5O4S+. The summed E-state index contributed by atoms with van der Waals surface area (Å²) in [6.45, 7) is 0. The van der Waals surface area contributed by atoms with Gasteiger partial charge < -0.3 is 4.74 Å². The molecule has 1 aromatic rings. The zero-order chi connectivity index (χ0) is 14.8. The molecule has 0 aliphatic rings. The van der Waals surface area contributed by atoms with Gasteiger partial charge in [-0.05, 0) is 12.1 Å². The number of halogens is 5. The van der Waals surface area contributed by atoms with Crippen LogP contribution in [0.4, 0.5) is 22.0 Å². The van der Waals surface area contributed by atoms with Crippen molar-refractivity contribution in [2.45, 2.75) is 5.51 Å². The van der Waals surface area contributed by atoms with Crippen molar-refractivity contribution in [2.75, 3.05) is 7.11 Å². The van der Waals surface area contributed by atoms with E-state index in [9.17, 15) is 26.7 Å². The third-order valence-corrected chi connectivity index (χ3v) is 2.55. The summed E-state index contributed by atoms with van der Waals surface area (Å²) in [5.41, 5.74) is -6.34. The lowest BCUT2D eigenvalue weighted by molar-refractivity contribution is -0.0493. The van der Waals surface area contributed by atoms with E-state index in [2.05, 4.69) is 8.92 Å². The summed E-state index contributed by atoms with van der Waals surface area (Å²) in [7, 11) is 0.834. The zero-order valence-corrected chi connectivity index (χ0v) is 9.94. The molecule has 0 aliphatic heterocycles. The summed E-state index contributed by atoms with van der Waals surface area (Å²) < 4.78 is 79.4. The summed E-state index contributed by atoms with van der Waals surface area (Å²) in [5.74, 6) is -5.57. The second-order valence-electron chi connectivity index (χ2n) is 3.00. The topological polar surface area (TPSA) is 55.8 Å². The Hall–Kier alpha value is -1.55. The maximum absolute atomic E-state index is 13.6. The van der Waals surface area contributed by atoms with Crippen LogP contribution < -0.4 is 4.18 Å². The highest BCUT2D eigenvalue weighted by Gasteiger charge is 2.57. The molecule has 0 amide bonds. The minimum absolute atomic E-state index is 0.512. The van der Waals surface area contributed by atoms with E-state index in [0.29, 0.717) is 12.1 Å². The molecule has 10 heteroatoms. The third-order valence-electron chi connectivity index (χ3n) is 1.81. The predicted octanol–water partition coefficient (Wildman–Crippen LogP) is 2.66. The summed E-state index contributed by atoms with van der Waals surface area (Å²) in [6, 6.07) is 1.03. The van der Waals surface area contributed by atoms with E-state index in [4.69, 9.17) is 4.55 Å². The van der Waals surface area contributed by atoms with E-state index in [1.807, 2.05) is 0 Å². The Morgan fingerprint density at radius 1 is 1.32 bits per heavy atom. The van der Waals surface area contributed by atoms with Crippen molar-refractivity contribution in [2.24, 2.45) is 0 Å². The molecule has 0 saturated carbocycles. The zero-order valence-electron chi connectivity index (χ0n) is 9.12. The van der Waals surface area contributed by atoms with Gasteiger partial charge in [0.2, 0.25) is 5.75 Å². The number of alkyl halides is 3. The van der Waals surface area contributed by atoms with Crippen LogP contribution in [-0.4, -0.2) is 23.1 Å². The fourth-order valence-corrected chi connectivity index (χ4v) is 1.41. The molecule has 19 heavy (non-hydrogen) atoms. The highest BCUT2D eigenvalue weighted by molar-refractivity contribution is 7.88. The van der Waals surface area contributed by atoms with Gasteiger partial charge in [0, 0.05) is 0 Å². The SMILES string of the molecule is COC(=O)c1c(F)ccc(O[S+](O)C(F)(F)F)c1F. The van der Waals surface area contributed by atoms with Crippen molar-refractivity contribution in [1.82, 2.24) is 0 Å². The van der Waals surface area contributed by atoms with Gasteiger partial charge in [0.05, 0.1) is 7.11 Å². The van der Waals surface area contributed by atoms with E-state index in [1.54, 1.807) is 0 Å². The molecule has 1 aromatic carbocycles. The molecule has 0 heterocycles. The number of esters is 1. The lowest BCUT2D eigenvalue weighted by Crippen LogP contribution is -2.28. The molecule has 0 fully saturated rings. The van der Waals surface area contributed by atoms with Crippen molar-refractivity contribution in [3.8, 4) is 5.75 Å². The summed E-state index contributed by atoms with van der Waals surface area (Å²) in [6.07, 6.45) is 0. The Morgan fingerprint density at radius 2 is 1.89 bits per heavy atom. The quantitative estimate of drug-likeness (QED) is 0.530. The Bertz CT molecular complexity index is 490. The van der Waals surface area contributed by atoms with E-state index in [-0.39, 0.29) is 0 Å². The number of methoxy groups -OCH3 is 1. The average molecular weight is 305 g/mol. The van der Waals surface area contributed by atoms with Crippen molar-refractivity contribution < 1.29 is 40.2 Å². The highest BCUT2D eigenvalue weighted by atomic mass is 32.2. The number of carbonyl (C=O) groups is 1. The van der Waals surface area contributed by atoms with E-state index in [0.717, 1.165) is 7.11 Å². The number of benzene rings is 1. The normalized spacial score (nSPS) is 13.0. The molecule has 0 bridgehead atoms. The Labute approximate surface area is 106 Å². The van der Waals surface area contributed by atoms with Gasteiger partial charge in [-0.2, -0.15) is 0 Å². The predicted molar refractivity (Wildman–Crippen MR) is 54.4 cm³/mol. The lowest BCUT2D eigenvalue weighted by Gasteiger charge is -2.06. The van der Waals surface area contributed by atoms with Gasteiger partial charge in [-0.15, -0.1) is 17.7 Å². The van der Waals surface area contributed by atoms with Crippen molar-refractivity contribution >= 4 is 17.4 Å². The fourth-order valence-electron chi connectivity index (χ4n) is 1.02. The van der Waals surface area contributed by atoms with Crippen LogP contribution in [0.5, 0.6) is 5.75 Å². The number of ether oxygens (including phenoxy) is 1. The number of carbonyl (C=O) groups excluding carboxylic acids is 1. The maximum Gasteiger partial charge on any atom is 0.654 e. The first kappa shape index (κ1) is 15.5. The van der Waals surface area contributed by atoms with Crippen LogP contribution in [-0.2, 0) is 16.2 Å². The van der Waals surface area contributed by atoms with Gasteiger partial charge in [-0.3, -0.25) is 0 Å². The molecule has 0 spiro atoms. The summed E-state index contributed by atoms with van der Waals surface area (Å²) >= 11 is -3.59. The molecule has 1 N–H and O–H groups in total. The summed E-state index contributed by atoms with van der Waals surface area (Å²) in [5, 5.41) is 0. The molecule has 0 aliphatic carbocycles. The van der Waals surface area contributed by atoms with Crippen molar-refractivity contribution in [3.63, 3.8) is 0 Å². The molecule has 106 valence electrons. The van der Waals surface area contributed by atoms with Crippen LogP contribution in [0.3, 0.4) is 0 Å². The molecule has 1 rings (SSSR count). The molecule has 0 radical (unpaired) electrons. The highest BCUT2D eigenvalue weighted by Crippen LogP contribution is 2.30. The van der Waals surface area contributed by atoms with Crippen molar-refractivity contribution in [1.29, 1.82) is 0 Å². The Balaban J connectivity index is 3.15. The van der Waals surface area contributed by atoms with Crippen LogP contribution >= 0.6 is 0 Å². The van der Waals surface area contributed by atoms with Crippen LogP contribution in [0.25, 0.3) is 0 Å². The Morgan fingerprint density at radius 3 is 2.37 bits per heavy atom. The Kier molecular flexibility index (Phi) is 4.58. The lowest BCUT2D eigenvalue weighted by atomic mass is 10.2. The van der Waals surface area contributed by atoms with E-state index >= 15 is 0 Å². The number of rotatable bonds is 3. The van der Waals surface area contributed by atoms with Crippen LogP contribution in [0.1, 0.15) is 10.4 Å². The first-order chi connectivity index (χ1) is 8.68. The maximum atomic E-state index is 13.6. The molecular weight excluding hydrogens is 299 g/mol. The first-order valence-corrected chi connectivity index (χ1v) is 5.54. The number of hydrogen-bond donors (Lipinski definition) is 1. The van der Waals surface area contributed by atoms with Gasteiger partial charge >= 0.3 is 22.9 Å². The largest absolute Gasteiger partial charge is 0.654 e. The molecule has 1 unspecified atom stereocenters. The van der Waals surface area contributed by atoms with Crippen LogP contribution in [0.15, 0.2) is 12.1 Å². The third kappa shape index (κ3) is 3.47. The van der Waals surface area contributed by atoms with E-state index in [1.165, 1.54) is 0 Å². The first-order valence-electron chi connectivity index (χ1n) is 4.43. The standard InChI is InChI=1S/C9H6F5O4S/c1-17-8(15)6-4(10)2-3-5(7(6)11)18-19(16)9(12,13)14/h2-3,16H,1H3/q+1. The monoisotopic (exact) mass is 305 g/mol. The molecule has 0 saturated heterocycles. The second kappa shape index (κ2) is 5.61. The van der Waals surface area contributed by atoms with E-state index < -0.39 is 45.9 Å². The van der Waals surface area contributed by atoms with Crippen LogP contribution in [0, 0.1) is 11.6 Å². The molecule has 4 nitrogen and oxygen atoms in total. The van der Waals surface area contributed by atoms with Gasteiger partial charge in [0.1, 0.15) is 11.4 Å². The minimum Gasteiger partial charge on any atom is -0.465 e. The number of hydrogen-bond acceptors (Lipinski definition) is 4. The van der Waals surface area contributed by atoms with Gasteiger partial charge in [0.25, 0.3) is 0 Å². The molecule has 1 atom stereocenters. The average Bonchev–Trinajstić information content (AvgIpc) is 2.31. The smallest absolute Gasteiger partial charge is 0.465 e. The van der Waals surface area contributed by atoms with Crippen LogP contribution in [0.2, 0.25) is 0 Å². The van der Waals surface area contributed by atoms with Crippen molar-refractivity contribution in [3.05, 3.63) is 29.3 Å². The van der Waals surface area contributed by atoms with Gasteiger partial charge in [0.15, 0.2) is 5.82 Å². The van der Waals surface area contributed by atoms with Gasteiger partial charge in [-0.1, -0.05) is 0 Å². The summed E-state index contributed by atoms with van der Waals surface area (Å²) in [4.78, 5) is 11.0. The molecule has 0 aromatic heterocycles. The minimum atomic E-state index is -5.13. The second-order valence-corrected chi connectivity index (χ2v) is 4.13.